The average Bonchev–Trinajstić information content (AvgIpc) is 2.93. The van der Waals surface area contributed by atoms with Gasteiger partial charge in [0.2, 0.25) is 0 Å². The summed E-state index contributed by atoms with van der Waals surface area (Å²) in [5, 5.41) is 3.39. The zero-order valence-corrected chi connectivity index (χ0v) is 22.2. The van der Waals surface area contributed by atoms with E-state index in [1.54, 1.807) is 18.2 Å². The van der Waals surface area contributed by atoms with Crippen molar-refractivity contribution in [2.24, 2.45) is 0 Å². The van der Waals surface area contributed by atoms with Gasteiger partial charge in [0, 0.05) is 17.8 Å². The van der Waals surface area contributed by atoms with E-state index in [0.29, 0.717) is 19.8 Å². The second kappa shape index (κ2) is 12.0. The highest BCUT2D eigenvalue weighted by atomic mass is 19.1. The van der Waals surface area contributed by atoms with Crippen LogP contribution in [0.15, 0.2) is 97.1 Å². The number of rotatable bonds is 10. The minimum Gasteiger partial charge on any atom is -0.485 e. The molecule has 4 aromatic rings. The summed E-state index contributed by atoms with van der Waals surface area (Å²) in [5.41, 5.74) is 3.98. The molecule has 1 heterocycles. The van der Waals surface area contributed by atoms with Crippen molar-refractivity contribution < 1.29 is 23.0 Å². The Morgan fingerprint density at radius 3 is 2.31 bits per heavy atom. The quantitative estimate of drug-likeness (QED) is 0.229. The fourth-order valence-electron chi connectivity index (χ4n) is 4.87. The van der Waals surface area contributed by atoms with Crippen LogP contribution in [0.5, 0.6) is 5.75 Å². The molecule has 0 aromatic heterocycles. The number of hydrogen-bond donors (Lipinski definition) is 1. The normalized spacial score (nSPS) is 17.7. The average molecular weight is 530 g/mol. The lowest BCUT2D eigenvalue weighted by Crippen LogP contribution is -2.51. The highest BCUT2D eigenvalue weighted by molar-refractivity contribution is 5.54. The third kappa shape index (κ3) is 6.83. The predicted octanol–water partition coefficient (Wildman–Crippen LogP) is 7.63. The Bertz CT molecular complexity index is 1380. The molecule has 4 nitrogen and oxygen atoms in total. The molecule has 0 spiro atoms. The maximum atomic E-state index is 13.6. The number of benzene rings is 4. The van der Waals surface area contributed by atoms with Crippen molar-refractivity contribution in [3.05, 3.63) is 131 Å². The van der Waals surface area contributed by atoms with Gasteiger partial charge in [0.25, 0.3) is 0 Å². The van der Waals surface area contributed by atoms with E-state index in [1.165, 1.54) is 29.8 Å². The van der Waals surface area contributed by atoms with Crippen molar-refractivity contribution in [1.82, 2.24) is 0 Å². The molecule has 5 rings (SSSR count). The first-order valence-corrected chi connectivity index (χ1v) is 13.2. The molecule has 0 aliphatic carbocycles. The summed E-state index contributed by atoms with van der Waals surface area (Å²) in [6.45, 7) is 5.27. The van der Waals surface area contributed by atoms with Crippen LogP contribution in [0.3, 0.4) is 0 Å². The second-order valence-electron chi connectivity index (χ2n) is 10.3. The van der Waals surface area contributed by atoms with Gasteiger partial charge >= 0.3 is 0 Å². The maximum Gasteiger partial charge on any atom is 0.132 e. The summed E-state index contributed by atoms with van der Waals surface area (Å²) in [6, 6.07) is 29.0. The summed E-state index contributed by atoms with van der Waals surface area (Å²) in [6.07, 6.45) is -0.0657. The Morgan fingerprint density at radius 1 is 0.769 bits per heavy atom. The third-order valence-electron chi connectivity index (χ3n) is 6.91. The van der Waals surface area contributed by atoms with Gasteiger partial charge in [-0.25, -0.2) is 8.78 Å². The molecule has 0 saturated heterocycles. The lowest BCUT2D eigenvalue weighted by atomic mass is 9.87. The van der Waals surface area contributed by atoms with E-state index in [1.807, 2.05) is 56.3 Å². The highest BCUT2D eigenvalue weighted by Crippen LogP contribution is 2.44. The lowest BCUT2D eigenvalue weighted by Gasteiger charge is -2.44. The van der Waals surface area contributed by atoms with Gasteiger partial charge < -0.3 is 19.5 Å². The van der Waals surface area contributed by atoms with E-state index in [9.17, 15) is 8.78 Å². The van der Waals surface area contributed by atoms with Gasteiger partial charge in [0.15, 0.2) is 0 Å². The van der Waals surface area contributed by atoms with Crippen LogP contribution in [0.25, 0.3) is 0 Å². The number of hydrogen-bond acceptors (Lipinski definition) is 4. The third-order valence-corrected chi connectivity index (χ3v) is 6.91. The topological polar surface area (TPSA) is 39.7 Å². The van der Waals surface area contributed by atoms with Gasteiger partial charge in [-0.2, -0.15) is 0 Å². The van der Waals surface area contributed by atoms with Crippen LogP contribution in [0.1, 0.15) is 42.2 Å². The number of nitrogens with one attached hydrogen (secondary N) is 1. The molecular weight excluding hydrogens is 496 g/mol. The summed E-state index contributed by atoms with van der Waals surface area (Å²) < 4.78 is 46.5. The van der Waals surface area contributed by atoms with Gasteiger partial charge in [-0.1, -0.05) is 54.6 Å². The van der Waals surface area contributed by atoms with Crippen molar-refractivity contribution in [2.45, 2.75) is 51.2 Å². The van der Waals surface area contributed by atoms with Crippen LogP contribution >= 0.6 is 0 Å². The smallest absolute Gasteiger partial charge is 0.132 e. The van der Waals surface area contributed by atoms with Gasteiger partial charge in [-0.05, 0) is 79.4 Å². The molecule has 39 heavy (non-hydrogen) atoms. The first-order chi connectivity index (χ1) is 18.9. The van der Waals surface area contributed by atoms with E-state index in [2.05, 4.69) is 17.4 Å². The van der Waals surface area contributed by atoms with E-state index in [-0.39, 0.29) is 11.6 Å². The predicted molar refractivity (Wildman–Crippen MR) is 149 cm³/mol. The van der Waals surface area contributed by atoms with Gasteiger partial charge in [0.1, 0.15) is 35.2 Å². The Balaban J connectivity index is 1.39. The maximum absolute atomic E-state index is 13.6. The molecule has 6 heteroatoms. The minimum atomic E-state index is -0.680. The van der Waals surface area contributed by atoms with E-state index in [0.717, 1.165) is 34.5 Å². The molecule has 0 amide bonds. The summed E-state index contributed by atoms with van der Waals surface area (Å²) >= 11 is 0. The first-order valence-electron chi connectivity index (χ1n) is 13.2. The highest BCUT2D eigenvalue weighted by Gasteiger charge is 2.45. The summed E-state index contributed by atoms with van der Waals surface area (Å²) in [5.74, 6) is 0.195. The first kappa shape index (κ1) is 26.9. The monoisotopic (exact) mass is 529 g/mol. The van der Waals surface area contributed by atoms with Crippen molar-refractivity contribution in [2.75, 3.05) is 11.9 Å². The summed E-state index contributed by atoms with van der Waals surface area (Å²) in [4.78, 5) is 0. The Morgan fingerprint density at radius 2 is 1.54 bits per heavy atom. The van der Waals surface area contributed by atoms with Gasteiger partial charge in [-0.3, -0.25) is 0 Å². The van der Waals surface area contributed by atoms with Crippen molar-refractivity contribution in [3.8, 4) is 5.75 Å². The number of ether oxygens (including phenoxy) is 3. The van der Waals surface area contributed by atoms with E-state index >= 15 is 0 Å². The lowest BCUT2D eigenvalue weighted by molar-refractivity contribution is -0.167. The van der Waals surface area contributed by atoms with Crippen LogP contribution in [0.2, 0.25) is 0 Å². The van der Waals surface area contributed by atoms with Crippen LogP contribution in [0, 0.1) is 11.6 Å². The fourth-order valence-corrected chi connectivity index (χ4v) is 4.87. The van der Waals surface area contributed by atoms with Gasteiger partial charge in [0.05, 0.1) is 13.2 Å². The van der Waals surface area contributed by atoms with Gasteiger partial charge in [-0.15, -0.1) is 0 Å². The molecule has 0 fully saturated rings. The molecule has 202 valence electrons. The number of fused-ring (bicyclic) bond motifs is 1. The molecule has 1 aliphatic heterocycles. The zero-order chi connectivity index (χ0) is 27.2. The molecule has 1 N–H and O–H groups in total. The zero-order valence-electron chi connectivity index (χ0n) is 22.2. The second-order valence-corrected chi connectivity index (χ2v) is 10.3. The molecule has 0 saturated carbocycles. The van der Waals surface area contributed by atoms with Crippen molar-refractivity contribution in [3.63, 3.8) is 0 Å². The largest absolute Gasteiger partial charge is 0.485 e. The standard InChI is InChI=1S/C33H33F2NO3/c1-33(2)32(38-22-24-11-13-26(34)14-12-24)31(37-18-17-23-7-4-3-5-8-23)29-20-28(15-16-30(29)39-33)36-21-25-9-6-10-27(35)19-25/h3-16,19-20,31-32,36H,17-18,21-22H2,1-2H3. The fraction of sp³-hybridized carbons (Fsp3) is 0.273. The van der Waals surface area contributed by atoms with Crippen molar-refractivity contribution >= 4 is 5.69 Å². The Hall–Kier alpha value is -3.74. The summed E-state index contributed by atoms with van der Waals surface area (Å²) in [7, 11) is 0. The van der Waals surface area contributed by atoms with E-state index < -0.39 is 17.8 Å². The number of halogens is 2. The van der Waals surface area contributed by atoms with E-state index in [4.69, 9.17) is 14.2 Å². The van der Waals surface area contributed by atoms with Crippen LogP contribution in [-0.2, 0) is 29.0 Å². The molecule has 1 aliphatic rings. The van der Waals surface area contributed by atoms with Crippen LogP contribution in [0.4, 0.5) is 14.5 Å². The molecule has 2 unspecified atom stereocenters. The number of anilines is 1. The molecule has 0 bridgehead atoms. The molecule has 2 atom stereocenters. The Kier molecular flexibility index (Phi) is 8.24. The molecule has 4 aromatic carbocycles. The molecule has 0 radical (unpaired) electrons. The van der Waals surface area contributed by atoms with Crippen molar-refractivity contribution in [1.29, 1.82) is 0 Å². The minimum absolute atomic E-state index is 0.261. The molecular formula is C33H33F2NO3. The van der Waals surface area contributed by atoms with Crippen LogP contribution < -0.4 is 10.1 Å². The Labute approximate surface area is 228 Å². The van der Waals surface area contributed by atoms with Crippen LogP contribution in [-0.4, -0.2) is 18.3 Å². The SMILES string of the molecule is CC1(C)Oc2ccc(NCc3cccc(F)c3)cc2C(OCCc2ccccc2)C1OCc1ccc(F)cc1.